The van der Waals surface area contributed by atoms with Gasteiger partial charge in [-0.1, -0.05) is 27.5 Å². The zero-order valence-electron chi connectivity index (χ0n) is 10.7. The number of hydrogen-bond donors (Lipinski definition) is 1. The van der Waals surface area contributed by atoms with Crippen LogP contribution in [-0.4, -0.2) is 15.5 Å². The Morgan fingerprint density at radius 2 is 1.86 bits per heavy atom. The molecule has 0 aromatic heterocycles. The fourth-order valence-electron chi connectivity index (χ4n) is 1.63. The highest BCUT2D eigenvalue weighted by Gasteiger charge is 2.20. The van der Waals surface area contributed by atoms with E-state index in [-0.39, 0.29) is 10.6 Å². The molecule has 0 radical (unpaired) electrons. The van der Waals surface area contributed by atoms with Gasteiger partial charge in [0.25, 0.3) is 10.0 Å². The van der Waals surface area contributed by atoms with Crippen molar-refractivity contribution in [1.29, 1.82) is 0 Å². The molecular formula is C13H10Br2ClNO3S. The Morgan fingerprint density at radius 3 is 2.48 bits per heavy atom. The van der Waals surface area contributed by atoms with E-state index in [1.807, 2.05) is 0 Å². The number of nitrogens with one attached hydrogen (secondary N) is 1. The summed E-state index contributed by atoms with van der Waals surface area (Å²) in [5.41, 5.74) is 0.366. The molecule has 0 atom stereocenters. The number of sulfonamides is 1. The number of methoxy groups -OCH3 is 1. The van der Waals surface area contributed by atoms with E-state index in [1.54, 1.807) is 24.3 Å². The standard InChI is InChI=1S/C13H10Br2ClNO3S/c1-20-12-5-2-8(14)6-13(12)21(18,19)17-9-3-4-10(15)11(16)7-9/h2-7,17H,1H3. The molecule has 0 spiro atoms. The van der Waals surface area contributed by atoms with Crippen molar-refractivity contribution in [3.05, 3.63) is 50.4 Å². The van der Waals surface area contributed by atoms with Crippen molar-refractivity contribution in [2.45, 2.75) is 4.90 Å². The molecule has 0 aliphatic heterocycles. The molecule has 21 heavy (non-hydrogen) atoms. The molecule has 0 fully saturated rings. The Morgan fingerprint density at radius 1 is 1.14 bits per heavy atom. The van der Waals surface area contributed by atoms with Crippen molar-refractivity contribution >= 4 is 59.2 Å². The molecule has 2 aromatic carbocycles. The summed E-state index contributed by atoms with van der Waals surface area (Å²) in [5, 5.41) is 0.413. The van der Waals surface area contributed by atoms with Crippen LogP contribution in [0.1, 0.15) is 0 Å². The van der Waals surface area contributed by atoms with Gasteiger partial charge in [0.15, 0.2) is 0 Å². The first-order chi connectivity index (χ1) is 9.83. The predicted octanol–water partition coefficient (Wildman–Crippen LogP) is 4.67. The summed E-state index contributed by atoms with van der Waals surface area (Å²) in [7, 11) is -2.37. The fourth-order valence-corrected chi connectivity index (χ4v) is 3.82. The van der Waals surface area contributed by atoms with E-state index >= 15 is 0 Å². The lowest BCUT2D eigenvalue weighted by molar-refractivity contribution is 0.403. The van der Waals surface area contributed by atoms with Crippen LogP contribution >= 0.6 is 43.5 Å². The summed E-state index contributed by atoms with van der Waals surface area (Å²) >= 11 is 12.5. The maximum absolute atomic E-state index is 12.5. The van der Waals surface area contributed by atoms with Gasteiger partial charge in [0, 0.05) is 8.95 Å². The molecule has 0 saturated carbocycles. The second-order valence-electron chi connectivity index (χ2n) is 4.03. The van der Waals surface area contributed by atoms with E-state index in [2.05, 4.69) is 36.6 Å². The SMILES string of the molecule is COc1ccc(Br)cc1S(=O)(=O)Nc1ccc(Br)c(Cl)c1. The van der Waals surface area contributed by atoms with Crippen molar-refractivity contribution < 1.29 is 13.2 Å². The van der Waals surface area contributed by atoms with E-state index in [0.29, 0.717) is 19.7 Å². The first kappa shape index (κ1) is 16.6. The molecule has 4 nitrogen and oxygen atoms in total. The molecule has 2 aromatic rings. The monoisotopic (exact) mass is 453 g/mol. The van der Waals surface area contributed by atoms with Gasteiger partial charge in [-0.15, -0.1) is 0 Å². The molecule has 0 aliphatic carbocycles. The van der Waals surface area contributed by atoms with Crippen LogP contribution in [0.3, 0.4) is 0 Å². The first-order valence-corrected chi connectivity index (χ1v) is 9.09. The van der Waals surface area contributed by atoms with Crippen LogP contribution in [-0.2, 0) is 10.0 Å². The number of ether oxygens (including phenoxy) is 1. The molecule has 0 heterocycles. The molecule has 8 heteroatoms. The Hall–Kier alpha value is -0.760. The maximum Gasteiger partial charge on any atom is 0.265 e. The Bertz CT molecular complexity index is 781. The highest BCUT2D eigenvalue weighted by molar-refractivity contribution is 9.10. The molecule has 2 rings (SSSR count). The van der Waals surface area contributed by atoms with E-state index < -0.39 is 10.0 Å². The average molecular weight is 456 g/mol. The topological polar surface area (TPSA) is 55.4 Å². The molecule has 0 saturated heterocycles. The largest absolute Gasteiger partial charge is 0.495 e. The van der Waals surface area contributed by atoms with Crippen molar-refractivity contribution in [3.8, 4) is 5.75 Å². The van der Waals surface area contributed by atoms with Gasteiger partial charge >= 0.3 is 0 Å². The molecule has 0 aliphatic rings. The zero-order chi connectivity index (χ0) is 15.6. The van der Waals surface area contributed by atoms with Crippen LogP contribution in [0.15, 0.2) is 50.2 Å². The third kappa shape index (κ3) is 3.91. The van der Waals surface area contributed by atoms with Gasteiger partial charge < -0.3 is 4.74 Å². The van der Waals surface area contributed by atoms with Gasteiger partial charge in [-0.3, -0.25) is 4.72 Å². The highest BCUT2D eigenvalue weighted by Crippen LogP contribution is 2.30. The molecule has 112 valence electrons. The van der Waals surface area contributed by atoms with Crippen LogP contribution in [0, 0.1) is 0 Å². The Balaban J connectivity index is 2.42. The second-order valence-corrected chi connectivity index (χ2v) is 7.86. The summed E-state index contributed by atoms with van der Waals surface area (Å²) in [6, 6.07) is 9.55. The number of rotatable bonds is 4. The Labute approximate surface area is 144 Å². The van der Waals surface area contributed by atoms with Crippen LogP contribution < -0.4 is 9.46 Å². The second kappa shape index (κ2) is 6.56. The third-order valence-electron chi connectivity index (χ3n) is 2.59. The summed E-state index contributed by atoms with van der Waals surface area (Å²) < 4.78 is 33.8. The van der Waals surface area contributed by atoms with Gasteiger partial charge in [0.2, 0.25) is 0 Å². The lowest BCUT2D eigenvalue weighted by Crippen LogP contribution is -2.14. The predicted molar refractivity (Wildman–Crippen MR) is 90.7 cm³/mol. The zero-order valence-corrected chi connectivity index (χ0v) is 15.5. The average Bonchev–Trinajstić information content (AvgIpc) is 2.42. The minimum atomic E-state index is -3.79. The number of benzene rings is 2. The minimum Gasteiger partial charge on any atom is -0.495 e. The van der Waals surface area contributed by atoms with E-state index in [0.717, 1.165) is 0 Å². The highest BCUT2D eigenvalue weighted by atomic mass is 79.9. The summed E-state index contributed by atoms with van der Waals surface area (Å²) in [6.45, 7) is 0. The molecular weight excluding hydrogens is 445 g/mol. The lowest BCUT2D eigenvalue weighted by Gasteiger charge is -2.12. The van der Waals surface area contributed by atoms with Crippen molar-refractivity contribution in [2.24, 2.45) is 0 Å². The first-order valence-electron chi connectivity index (χ1n) is 5.65. The fraction of sp³-hybridized carbons (Fsp3) is 0.0769. The van der Waals surface area contributed by atoms with Crippen molar-refractivity contribution in [1.82, 2.24) is 0 Å². The van der Waals surface area contributed by atoms with Gasteiger partial charge in [0.1, 0.15) is 10.6 Å². The normalized spacial score (nSPS) is 11.2. The quantitative estimate of drug-likeness (QED) is 0.729. The molecule has 0 bridgehead atoms. The Kier molecular flexibility index (Phi) is 5.19. The van der Waals surface area contributed by atoms with Gasteiger partial charge in [-0.25, -0.2) is 8.42 Å². The van der Waals surface area contributed by atoms with Gasteiger partial charge in [0.05, 0.1) is 17.8 Å². The van der Waals surface area contributed by atoms with Crippen LogP contribution in [0.2, 0.25) is 5.02 Å². The van der Waals surface area contributed by atoms with Crippen molar-refractivity contribution in [3.63, 3.8) is 0 Å². The molecule has 0 amide bonds. The molecule has 1 N–H and O–H groups in total. The third-order valence-corrected chi connectivity index (χ3v) is 5.72. The van der Waals surface area contributed by atoms with Gasteiger partial charge in [-0.2, -0.15) is 0 Å². The van der Waals surface area contributed by atoms with Crippen LogP contribution in [0.5, 0.6) is 5.75 Å². The van der Waals surface area contributed by atoms with Crippen LogP contribution in [0.25, 0.3) is 0 Å². The summed E-state index contributed by atoms with van der Waals surface area (Å²) in [4.78, 5) is 0.0402. The number of anilines is 1. The number of halogens is 3. The lowest BCUT2D eigenvalue weighted by atomic mass is 10.3. The van der Waals surface area contributed by atoms with Crippen molar-refractivity contribution in [2.75, 3.05) is 11.8 Å². The summed E-state index contributed by atoms with van der Waals surface area (Å²) in [5.74, 6) is 0.258. The van der Waals surface area contributed by atoms with E-state index in [9.17, 15) is 8.42 Å². The summed E-state index contributed by atoms with van der Waals surface area (Å²) in [6.07, 6.45) is 0. The van der Waals surface area contributed by atoms with E-state index in [1.165, 1.54) is 19.2 Å². The van der Waals surface area contributed by atoms with Gasteiger partial charge in [-0.05, 0) is 52.3 Å². The number of hydrogen-bond acceptors (Lipinski definition) is 3. The van der Waals surface area contributed by atoms with Crippen LogP contribution in [0.4, 0.5) is 5.69 Å². The van der Waals surface area contributed by atoms with E-state index in [4.69, 9.17) is 16.3 Å². The maximum atomic E-state index is 12.5. The minimum absolute atomic E-state index is 0.0402. The molecule has 0 unspecified atom stereocenters. The smallest absolute Gasteiger partial charge is 0.265 e.